The molecule has 1 aromatic rings. The Morgan fingerprint density at radius 2 is 1.80 bits per heavy atom. The molecule has 0 aliphatic carbocycles. The fourth-order valence-electron chi connectivity index (χ4n) is 0.951. The minimum atomic E-state index is 0.0852. The molecule has 1 rings (SSSR count). The molecule has 1 aromatic carbocycles. The second kappa shape index (κ2) is 7.85. The van der Waals surface area contributed by atoms with E-state index in [1.807, 2.05) is 26.0 Å². The second-order valence-corrected chi connectivity index (χ2v) is 2.79. The quantitative estimate of drug-likeness (QED) is 0.590. The first kappa shape index (κ1) is 13.5. The monoisotopic (exact) mass is 208 g/mol. The molecule has 0 atom stereocenters. The van der Waals surface area contributed by atoms with Gasteiger partial charge in [0.2, 0.25) is 0 Å². The molecule has 0 fully saturated rings. The van der Waals surface area contributed by atoms with E-state index in [2.05, 4.69) is 6.92 Å². The third kappa shape index (κ3) is 5.05. The van der Waals surface area contributed by atoms with Gasteiger partial charge < -0.3 is 10.5 Å². The number of nitrogen functional groups attached to an aromatic ring is 1. The summed E-state index contributed by atoms with van der Waals surface area (Å²) in [4.78, 5) is 0. The SMILES string of the molecule is CC.CCCOc1ccc(C(=N)N)cc1. The average Bonchev–Trinajstić information content (AvgIpc) is 2.29. The summed E-state index contributed by atoms with van der Waals surface area (Å²) in [7, 11) is 0. The van der Waals surface area contributed by atoms with Crippen molar-refractivity contribution >= 4 is 5.84 Å². The molecule has 0 radical (unpaired) electrons. The van der Waals surface area contributed by atoms with Crippen LogP contribution in [0.2, 0.25) is 0 Å². The molecule has 0 aliphatic heterocycles. The highest BCUT2D eigenvalue weighted by Gasteiger charge is 1.96. The Balaban J connectivity index is 0.000000921. The van der Waals surface area contributed by atoms with Crippen LogP contribution in [-0.4, -0.2) is 12.4 Å². The highest BCUT2D eigenvalue weighted by Crippen LogP contribution is 2.11. The van der Waals surface area contributed by atoms with Crippen LogP contribution >= 0.6 is 0 Å². The van der Waals surface area contributed by atoms with E-state index < -0.39 is 0 Å². The lowest BCUT2D eigenvalue weighted by Crippen LogP contribution is -2.10. The Labute approximate surface area is 91.8 Å². The lowest BCUT2D eigenvalue weighted by Gasteiger charge is -2.04. The van der Waals surface area contributed by atoms with E-state index >= 15 is 0 Å². The second-order valence-electron chi connectivity index (χ2n) is 2.79. The highest BCUT2D eigenvalue weighted by molar-refractivity contribution is 5.94. The molecule has 0 unspecified atom stereocenters. The van der Waals surface area contributed by atoms with Crippen molar-refractivity contribution in [3.05, 3.63) is 29.8 Å². The molecule has 0 bridgehead atoms. The molecule has 0 heterocycles. The summed E-state index contributed by atoms with van der Waals surface area (Å²) < 4.78 is 5.38. The van der Waals surface area contributed by atoms with Crippen molar-refractivity contribution < 1.29 is 4.74 Å². The summed E-state index contributed by atoms with van der Waals surface area (Å²) in [5, 5.41) is 7.18. The summed E-state index contributed by atoms with van der Waals surface area (Å²) in [6.07, 6.45) is 0.995. The maximum Gasteiger partial charge on any atom is 0.122 e. The average molecular weight is 208 g/mol. The van der Waals surface area contributed by atoms with Crippen LogP contribution in [0.3, 0.4) is 0 Å². The van der Waals surface area contributed by atoms with Crippen LogP contribution in [0.15, 0.2) is 24.3 Å². The summed E-state index contributed by atoms with van der Waals surface area (Å²) in [5.41, 5.74) is 6.03. The third-order valence-electron chi connectivity index (χ3n) is 1.64. The first-order valence-electron chi connectivity index (χ1n) is 5.31. The van der Waals surface area contributed by atoms with Gasteiger partial charge in [0, 0.05) is 5.56 Å². The Morgan fingerprint density at radius 3 is 2.20 bits per heavy atom. The first-order chi connectivity index (χ1) is 7.24. The standard InChI is InChI=1S/C10H14N2O.C2H6/c1-2-7-13-9-5-3-8(4-6-9)10(11)12;1-2/h3-6H,2,7H2,1H3,(H3,11,12);1-2H3. The smallest absolute Gasteiger partial charge is 0.122 e. The van der Waals surface area contributed by atoms with E-state index in [0.717, 1.165) is 24.3 Å². The van der Waals surface area contributed by atoms with Crippen molar-refractivity contribution in [2.45, 2.75) is 27.2 Å². The third-order valence-corrected chi connectivity index (χ3v) is 1.64. The van der Waals surface area contributed by atoms with E-state index in [-0.39, 0.29) is 5.84 Å². The normalized spacial score (nSPS) is 8.73. The van der Waals surface area contributed by atoms with E-state index in [1.165, 1.54) is 0 Å². The molecule has 3 nitrogen and oxygen atoms in total. The van der Waals surface area contributed by atoms with Crippen LogP contribution in [0.5, 0.6) is 5.75 Å². The van der Waals surface area contributed by atoms with Gasteiger partial charge in [-0.3, -0.25) is 5.41 Å². The fraction of sp³-hybridized carbons (Fsp3) is 0.417. The van der Waals surface area contributed by atoms with Crippen LogP contribution in [-0.2, 0) is 0 Å². The van der Waals surface area contributed by atoms with Gasteiger partial charge in [-0.05, 0) is 30.7 Å². The van der Waals surface area contributed by atoms with Gasteiger partial charge in [0.25, 0.3) is 0 Å². The fourth-order valence-corrected chi connectivity index (χ4v) is 0.951. The molecule has 0 amide bonds. The lowest BCUT2D eigenvalue weighted by atomic mass is 10.2. The van der Waals surface area contributed by atoms with Gasteiger partial charge in [0.15, 0.2) is 0 Å². The number of amidine groups is 1. The van der Waals surface area contributed by atoms with Crippen molar-refractivity contribution in [3.8, 4) is 5.75 Å². The molecular weight excluding hydrogens is 188 g/mol. The van der Waals surface area contributed by atoms with Crippen LogP contribution in [0.1, 0.15) is 32.8 Å². The minimum Gasteiger partial charge on any atom is -0.494 e. The van der Waals surface area contributed by atoms with Gasteiger partial charge in [-0.25, -0.2) is 0 Å². The number of nitrogens with one attached hydrogen (secondary N) is 1. The first-order valence-corrected chi connectivity index (χ1v) is 5.31. The van der Waals surface area contributed by atoms with Gasteiger partial charge in [0.05, 0.1) is 6.61 Å². The molecule has 0 spiro atoms. The van der Waals surface area contributed by atoms with E-state index in [1.54, 1.807) is 12.1 Å². The van der Waals surface area contributed by atoms with Gasteiger partial charge >= 0.3 is 0 Å². The number of hydrogen-bond donors (Lipinski definition) is 2. The maximum atomic E-state index is 7.18. The Morgan fingerprint density at radius 1 is 1.27 bits per heavy atom. The van der Waals surface area contributed by atoms with Crippen molar-refractivity contribution in [1.82, 2.24) is 0 Å². The van der Waals surface area contributed by atoms with Crippen LogP contribution < -0.4 is 10.5 Å². The predicted molar refractivity (Wildman–Crippen MR) is 64.6 cm³/mol. The Kier molecular flexibility index (Phi) is 7.06. The van der Waals surface area contributed by atoms with Crippen LogP contribution in [0.4, 0.5) is 0 Å². The molecule has 84 valence electrons. The van der Waals surface area contributed by atoms with Gasteiger partial charge in [-0.2, -0.15) is 0 Å². The predicted octanol–water partition coefficient (Wildman–Crippen LogP) is 2.79. The zero-order chi connectivity index (χ0) is 11.7. The molecule has 0 aliphatic rings. The van der Waals surface area contributed by atoms with Gasteiger partial charge in [-0.15, -0.1) is 0 Å². The van der Waals surface area contributed by atoms with E-state index in [9.17, 15) is 0 Å². The van der Waals surface area contributed by atoms with Gasteiger partial charge in [0.1, 0.15) is 11.6 Å². The minimum absolute atomic E-state index is 0.0852. The van der Waals surface area contributed by atoms with Crippen LogP contribution in [0.25, 0.3) is 0 Å². The van der Waals surface area contributed by atoms with Crippen molar-refractivity contribution in [3.63, 3.8) is 0 Å². The van der Waals surface area contributed by atoms with Crippen molar-refractivity contribution in [2.24, 2.45) is 5.73 Å². The summed E-state index contributed by atoms with van der Waals surface area (Å²) in [6.45, 7) is 6.78. The number of ether oxygens (including phenoxy) is 1. The van der Waals surface area contributed by atoms with Gasteiger partial charge in [-0.1, -0.05) is 20.8 Å². The number of rotatable bonds is 4. The molecule has 15 heavy (non-hydrogen) atoms. The molecule has 0 saturated heterocycles. The molecule has 0 aromatic heterocycles. The number of nitrogens with two attached hydrogens (primary N) is 1. The summed E-state index contributed by atoms with van der Waals surface area (Å²) in [5.74, 6) is 0.911. The molecule has 0 saturated carbocycles. The highest BCUT2D eigenvalue weighted by atomic mass is 16.5. The van der Waals surface area contributed by atoms with E-state index in [4.69, 9.17) is 15.9 Å². The topological polar surface area (TPSA) is 59.1 Å². The maximum absolute atomic E-state index is 7.18. The molecular formula is C12H20N2O. The summed E-state index contributed by atoms with van der Waals surface area (Å²) in [6, 6.07) is 7.22. The zero-order valence-corrected chi connectivity index (χ0v) is 9.71. The number of benzene rings is 1. The summed E-state index contributed by atoms with van der Waals surface area (Å²) >= 11 is 0. The van der Waals surface area contributed by atoms with Crippen molar-refractivity contribution in [2.75, 3.05) is 6.61 Å². The molecule has 3 N–H and O–H groups in total. The Hall–Kier alpha value is -1.51. The largest absolute Gasteiger partial charge is 0.494 e. The molecule has 3 heteroatoms. The Bertz CT molecular complexity index is 280. The van der Waals surface area contributed by atoms with Crippen LogP contribution in [0, 0.1) is 5.41 Å². The van der Waals surface area contributed by atoms with E-state index in [0.29, 0.717) is 0 Å². The zero-order valence-electron chi connectivity index (χ0n) is 9.71. The number of hydrogen-bond acceptors (Lipinski definition) is 2. The lowest BCUT2D eigenvalue weighted by molar-refractivity contribution is 0.317. The van der Waals surface area contributed by atoms with Crippen molar-refractivity contribution in [1.29, 1.82) is 5.41 Å².